The molecule has 41 heavy (non-hydrogen) atoms. The molecule has 3 rings (SSSR count). The van der Waals surface area contributed by atoms with E-state index in [1.807, 2.05) is 13.8 Å². The van der Waals surface area contributed by atoms with Gasteiger partial charge in [-0.15, -0.1) is 11.6 Å². The molecule has 0 N–H and O–H groups in total. The lowest BCUT2D eigenvalue weighted by Gasteiger charge is -2.47. The number of hydrogen-bond donors (Lipinski definition) is 0. The minimum atomic E-state index is -1.48. The lowest BCUT2D eigenvalue weighted by atomic mass is 9.96. The fraction of sp³-hybridized carbons (Fsp3) is 0.880. The second kappa shape index (κ2) is 16.4. The standard InChI is InChI=1S/C25H38ClN3O12/c1-5-7-9-34-19-20(39-15(31)11-26)21(23(32)33-4)41-25(22(19)35-10-8-6-2)40-17-14-12-36-24(38-14)16(28-29-27)18(17)37-13(3)30/h14,16-22,24-25H,5-12H2,1-4H3/t14-,16+,17+,18?,19+,20+,21?,22?,24?,25-/m1/s1. The molecule has 15 nitrogen and oxygen atoms in total. The number of azide groups is 1. The van der Waals surface area contributed by atoms with Gasteiger partial charge in [-0.1, -0.05) is 31.8 Å². The van der Waals surface area contributed by atoms with E-state index in [0.29, 0.717) is 12.8 Å². The van der Waals surface area contributed by atoms with Crippen LogP contribution in [0, 0.1) is 0 Å². The number of carbonyl (C=O) groups is 3. The molecule has 4 unspecified atom stereocenters. The van der Waals surface area contributed by atoms with E-state index >= 15 is 0 Å². The Morgan fingerprint density at radius 1 is 0.976 bits per heavy atom. The van der Waals surface area contributed by atoms with Crippen LogP contribution >= 0.6 is 11.6 Å². The number of esters is 3. The minimum Gasteiger partial charge on any atom is -0.467 e. The van der Waals surface area contributed by atoms with Crippen LogP contribution in [-0.4, -0.2) is 112 Å². The summed E-state index contributed by atoms with van der Waals surface area (Å²) in [6, 6.07) is -1.07. The molecule has 0 aromatic rings. The Balaban J connectivity index is 2.02. The molecule has 0 radical (unpaired) electrons. The van der Waals surface area contributed by atoms with Crippen LogP contribution < -0.4 is 0 Å². The van der Waals surface area contributed by atoms with Gasteiger partial charge < -0.3 is 42.6 Å². The molecule has 0 aromatic heterocycles. The molecule has 232 valence electrons. The van der Waals surface area contributed by atoms with E-state index in [1.165, 1.54) is 6.92 Å². The summed E-state index contributed by atoms with van der Waals surface area (Å²) >= 11 is 5.71. The molecule has 3 saturated heterocycles. The van der Waals surface area contributed by atoms with E-state index < -0.39 is 85.1 Å². The van der Waals surface area contributed by atoms with Crippen molar-refractivity contribution in [2.75, 3.05) is 32.8 Å². The second-order valence-corrected chi connectivity index (χ2v) is 9.93. The molecule has 3 aliphatic rings. The summed E-state index contributed by atoms with van der Waals surface area (Å²) in [7, 11) is 1.16. The molecule has 10 atom stereocenters. The van der Waals surface area contributed by atoms with Crippen molar-refractivity contribution in [3.8, 4) is 0 Å². The molecule has 16 heteroatoms. The van der Waals surface area contributed by atoms with Gasteiger partial charge in [0.25, 0.3) is 0 Å². The van der Waals surface area contributed by atoms with Crippen LogP contribution in [0.5, 0.6) is 0 Å². The summed E-state index contributed by atoms with van der Waals surface area (Å²) in [5, 5.41) is 3.73. The van der Waals surface area contributed by atoms with Gasteiger partial charge in [0.1, 0.15) is 42.4 Å². The number of ether oxygens (including phenoxy) is 9. The quantitative estimate of drug-likeness (QED) is 0.0503. The molecule has 0 amide bonds. The van der Waals surface area contributed by atoms with Crippen LogP contribution in [0.3, 0.4) is 0 Å². The smallest absolute Gasteiger partial charge is 0.339 e. The Kier molecular flexibility index (Phi) is 13.3. The Morgan fingerprint density at radius 3 is 2.24 bits per heavy atom. The van der Waals surface area contributed by atoms with Gasteiger partial charge in [-0.25, -0.2) is 4.79 Å². The third-order valence-corrected chi connectivity index (χ3v) is 6.96. The highest BCUT2D eigenvalue weighted by molar-refractivity contribution is 6.26. The third-order valence-electron chi connectivity index (χ3n) is 6.74. The zero-order valence-corrected chi connectivity index (χ0v) is 24.3. The fourth-order valence-corrected chi connectivity index (χ4v) is 4.88. The average molecular weight is 608 g/mol. The van der Waals surface area contributed by atoms with Gasteiger partial charge in [0.05, 0.1) is 13.7 Å². The van der Waals surface area contributed by atoms with Crippen molar-refractivity contribution in [3.05, 3.63) is 10.4 Å². The van der Waals surface area contributed by atoms with E-state index in [0.717, 1.165) is 20.0 Å². The Labute approximate surface area is 242 Å². The monoisotopic (exact) mass is 607 g/mol. The fourth-order valence-electron chi connectivity index (χ4n) is 4.81. The van der Waals surface area contributed by atoms with E-state index in [4.69, 9.17) is 59.8 Å². The van der Waals surface area contributed by atoms with Crippen molar-refractivity contribution >= 4 is 29.5 Å². The first kappa shape index (κ1) is 33.3. The van der Waals surface area contributed by atoms with Gasteiger partial charge in [-0.3, -0.25) is 9.59 Å². The van der Waals surface area contributed by atoms with Gasteiger partial charge in [-0.2, -0.15) is 0 Å². The van der Waals surface area contributed by atoms with Gasteiger partial charge in [-0.05, 0) is 18.4 Å². The molecule has 0 spiro atoms. The van der Waals surface area contributed by atoms with E-state index in [-0.39, 0.29) is 19.8 Å². The number of unbranched alkanes of at least 4 members (excludes halogenated alkanes) is 2. The topological polar surface area (TPSA) is 183 Å². The molecule has 3 heterocycles. The lowest BCUT2D eigenvalue weighted by Crippen LogP contribution is -2.65. The normalized spacial score (nSPS) is 34.4. The van der Waals surface area contributed by atoms with E-state index in [9.17, 15) is 14.4 Å². The number of fused-ring (bicyclic) bond motifs is 2. The molecule has 0 aliphatic carbocycles. The Hall–Kier alpha value is -2.23. The summed E-state index contributed by atoms with van der Waals surface area (Å²) in [6.45, 7) is 5.73. The Bertz CT molecular complexity index is 938. The maximum atomic E-state index is 12.9. The SMILES string of the molecule is CCCCOC1[C@H](O[C@@H]2C(OC(C)=O)[C@H](N=[N+]=[N-])C3OC[C@H]2O3)OC(C(=O)OC)[C@@H](OC(=O)CCl)[C@@H]1OCCCC. The second-order valence-electron chi connectivity index (χ2n) is 9.66. The van der Waals surface area contributed by atoms with Crippen LogP contribution in [-0.2, 0) is 57.0 Å². The highest BCUT2D eigenvalue weighted by Gasteiger charge is 2.58. The zero-order valence-electron chi connectivity index (χ0n) is 23.5. The van der Waals surface area contributed by atoms with Crippen molar-refractivity contribution in [3.63, 3.8) is 0 Å². The molecular formula is C25H38ClN3O12. The van der Waals surface area contributed by atoms with Crippen LogP contribution in [0.25, 0.3) is 10.4 Å². The summed E-state index contributed by atoms with van der Waals surface area (Å²) in [5.41, 5.74) is 9.15. The maximum absolute atomic E-state index is 12.9. The van der Waals surface area contributed by atoms with Crippen molar-refractivity contribution in [2.24, 2.45) is 5.11 Å². The molecule has 2 bridgehead atoms. The van der Waals surface area contributed by atoms with Crippen LogP contribution in [0.2, 0.25) is 0 Å². The predicted molar refractivity (Wildman–Crippen MR) is 139 cm³/mol. The number of hydrogen-bond acceptors (Lipinski definition) is 13. The third kappa shape index (κ3) is 8.42. The van der Waals surface area contributed by atoms with Crippen LogP contribution in [0.1, 0.15) is 46.5 Å². The van der Waals surface area contributed by atoms with Gasteiger partial charge in [0.2, 0.25) is 0 Å². The molecule has 3 aliphatic heterocycles. The first-order chi connectivity index (χ1) is 19.8. The number of halogens is 1. The summed E-state index contributed by atoms with van der Waals surface area (Å²) < 4.78 is 52.3. The van der Waals surface area contributed by atoms with Crippen LogP contribution in [0.15, 0.2) is 5.11 Å². The highest BCUT2D eigenvalue weighted by Crippen LogP contribution is 2.37. The molecule has 0 saturated carbocycles. The predicted octanol–water partition coefficient (Wildman–Crippen LogP) is 2.16. The molecular weight excluding hydrogens is 570 g/mol. The van der Waals surface area contributed by atoms with E-state index in [1.54, 1.807) is 0 Å². The highest BCUT2D eigenvalue weighted by atomic mass is 35.5. The number of nitrogens with zero attached hydrogens (tertiary/aromatic N) is 3. The summed E-state index contributed by atoms with van der Waals surface area (Å²) in [6.07, 6.45) is -7.04. The number of methoxy groups -OCH3 is 1. The summed E-state index contributed by atoms with van der Waals surface area (Å²) in [5.74, 6) is -2.77. The number of carbonyl (C=O) groups excluding carboxylic acids is 3. The number of rotatable bonds is 15. The van der Waals surface area contributed by atoms with E-state index in [2.05, 4.69) is 10.0 Å². The first-order valence-corrected chi connectivity index (χ1v) is 14.2. The zero-order chi connectivity index (χ0) is 29.9. The van der Waals surface area contributed by atoms with Crippen LogP contribution in [0.4, 0.5) is 0 Å². The average Bonchev–Trinajstić information content (AvgIpc) is 3.40. The largest absolute Gasteiger partial charge is 0.467 e. The van der Waals surface area contributed by atoms with Gasteiger partial charge in [0, 0.05) is 25.0 Å². The van der Waals surface area contributed by atoms with Crippen molar-refractivity contribution in [1.82, 2.24) is 0 Å². The minimum absolute atomic E-state index is 0.0471. The maximum Gasteiger partial charge on any atom is 0.339 e. The molecule has 0 aromatic carbocycles. The molecule has 3 fully saturated rings. The Morgan fingerprint density at radius 2 is 1.66 bits per heavy atom. The summed E-state index contributed by atoms with van der Waals surface area (Å²) in [4.78, 5) is 40.1. The van der Waals surface area contributed by atoms with Crippen molar-refractivity contribution in [1.29, 1.82) is 0 Å². The first-order valence-electron chi connectivity index (χ1n) is 13.6. The lowest BCUT2D eigenvalue weighted by molar-refractivity contribution is -0.337. The van der Waals surface area contributed by atoms with Gasteiger partial charge >= 0.3 is 17.9 Å². The van der Waals surface area contributed by atoms with Crippen molar-refractivity contribution in [2.45, 2.75) is 108 Å². The van der Waals surface area contributed by atoms with Crippen molar-refractivity contribution < 1.29 is 57.0 Å². The van der Waals surface area contributed by atoms with Gasteiger partial charge in [0.15, 0.2) is 24.8 Å². The number of alkyl halides is 1.